The van der Waals surface area contributed by atoms with Crippen LogP contribution >= 0.6 is 0 Å². The van der Waals surface area contributed by atoms with E-state index in [-0.39, 0.29) is 22.7 Å². The lowest BCUT2D eigenvalue weighted by Crippen LogP contribution is -2.22. The maximum Gasteiger partial charge on any atom is 0.265 e. The van der Waals surface area contributed by atoms with Gasteiger partial charge in [0.1, 0.15) is 11.6 Å². The third-order valence-corrected chi connectivity index (χ3v) is 5.30. The molecule has 31 heavy (non-hydrogen) atoms. The van der Waals surface area contributed by atoms with Crippen LogP contribution in [0.5, 0.6) is 0 Å². The number of allylic oxidation sites excluding steroid dienone is 1. The molecule has 1 aliphatic carbocycles. The van der Waals surface area contributed by atoms with E-state index in [0.717, 1.165) is 0 Å². The van der Waals surface area contributed by atoms with Gasteiger partial charge >= 0.3 is 0 Å². The van der Waals surface area contributed by atoms with Gasteiger partial charge in [0, 0.05) is 17.3 Å². The quantitative estimate of drug-likeness (QED) is 0.505. The molecule has 5 rings (SSSR count). The van der Waals surface area contributed by atoms with E-state index in [2.05, 4.69) is 9.98 Å². The fourth-order valence-corrected chi connectivity index (χ4v) is 3.80. The molecule has 0 bridgehead atoms. The number of para-hydroxylation sites is 1. The molecular formula is C25H17N3O3. The summed E-state index contributed by atoms with van der Waals surface area (Å²) in [6, 6.07) is 21.2. The molecule has 0 aliphatic heterocycles. The normalized spacial score (nSPS) is 13.4. The van der Waals surface area contributed by atoms with Gasteiger partial charge in [-0.3, -0.25) is 19.1 Å². The SMILES string of the molecule is Cc1nc2ccccc2c(=O)n1-c1cccc(N=CC2=C(O)c3ccccc3C2=O)c1. The molecule has 0 unspecified atom stereocenters. The number of hydrogen-bond donors (Lipinski definition) is 1. The smallest absolute Gasteiger partial charge is 0.265 e. The molecule has 4 aromatic rings. The Labute approximate surface area is 177 Å². The Bertz CT molecular complexity index is 1500. The molecular weight excluding hydrogens is 390 g/mol. The third kappa shape index (κ3) is 3.05. The number of aliphatic imine (C=N–C) groups is 1. The number of nitrogens with zero attached hydrogens (tertiary/aromatic N) is 3. The Kier molecular flexibility index (Phi) is 4.33. The molecule has 150 valence electrons. The predicted octanol–water partition coefficient (Wildman–Crippen LogP) is 4.56. The van der Waals surface area contributed by atoms with Crippen LogP contribution in [0.2, 0.25) is 0 Å². The van der Waals surface area contributed by atoms with Gasteiger partial charge in [-0.2, -0.15) is 0 Å². The number of aliphatic hydroxyl groups excluding tert-OH is 1. The highest BCUT2D eigenvalue weighted by Gasteiger charge is 2.27. The topological polar surface area (TPSA) is 84.6 Å². The molecule has 0 radical (unpaired) electrons. The zero-order valence-corrected chi connectivity index (χ0v) is 16.6. The first kappa shape index (κ1) is 18.7. The summed E-state index contributed by atoms with van der Waals surface area (Å²) in [6.07, 6.45) is 1.37. The third-order valence-electron chi connectivity index (χ3n) is 5.30. The lowest BCUT2D eigenvalue weighted by Gasteiger charge is -2.11. The van der Waals surface area contributed by atoms with Gasteiger partial charge in [-0.05, 0) is 37.3 Å². The molecule has 6 heteroatoms. The summed E-state index contributed by atoms with van der Waals surface area (Å²) in [5.41, 5.74) is 2.76. The number of Topliss-reactive ketones (excluding diaryl/α,β-unsaturated/α-hetero) is 1. The Morgan fingerprint density at radius 2 is 1.68 bits per heavy atom. The lowest BCUT2D eigenvalue weighted by molar-refractivity contribution is 0.104. The van der Waals surface area contributed by atoms with Crippen molar-refractivity contribution in [1.29, 1.82) is 0 Å². The number of aryl methyl sites for hydroxylation is 1. The van der Waals surface area contributed by atoms with Crippen molar-refractivity contribution < 1.29 is 9.90 Å². The largest absolute Gasteiger partial charge is 0.506 e. The van der Waals surface area contributed by atoms with E-state index in [4.69, 9.17) is 0 Å². The second kappa shape index (κ2) is 7.18. The minimum atomic E-state index is -0.265. The molecule has 0 saturated heterocycles. The zero-order chi connectivity index (χ0) is 21.5. The van der Waals surface area contributed by atoms with Crippen LogP contribution in [0.25, 0.3) is 22.3 Å². The van der Waals surface area contributed by atoms with Gasteiger partial charge in [0.15, 0.2) is 5.78 Å². The van der Waals surface area contributed by atoms with Crippen LogP contribution in [0, 0.1) is 6.92 Å². The van der Waals surface area contributed by atoms with Crippen molar-refractivity contribution in [2.24, 2.45) is 4.99 Å². The van der Waals surface area contributed by atoms with E-state index in [9.17, 15) is 14.7 Å². The molecule has 0 fully saturated rings. The number of benzene rings is 3. The Hall–Kier alpha value is -4.32. The molecule has 0 amide bonds. The van der Waals surface area contributed by atoms with Crippen molar-refractivity contribution in [2.45, 2.75) is 6.92 Å². The first-order valence-electron chi connectivity index (χ1n) is 9.75. The Balaban J connectivity index is 1.54. The number of carbonyl (C=O) groups excluding carboxylic acids is 1. The summed E-state index contributed by atoms with van der Waals surface area (Å²) in [4.78, 5) is 34.5. The second-order valence-electron chi connectivity index (χ2n) is 7.23. The van der Waals surface area contributed by atoms with Crippen molar-refractivity contribution in [3.63, 3.8) is 0 Å². The van der Waals surface area contributed by atoms with E-state index in [1.165, 1.54) is 10.8 Å². The number of fused-ring (bicyclic) bond motifs is 2. The van der Waals surface area contributed by atoms with Gasteiger partial charge < -0.3 is 5.11 Å². The van der Waals surface area contributed by atoms with E-state index >= 15 is 0 Å². The molecule has 6 nitrogen and oxygen atoms in total. The maximum atomic E-state index is 13.0. The van der Waals surface area contributed by atoms with Crippen LogP contribution in [-0.2, 0) is 0 Å². The fourth-order valence-electron chi connectivity index (χ4n) is 3.80. The number of carbonyl (C=O) groups is 1. The summed E-state index contributed by atoms with van der Waals surface area (Å²) in [5, 5.41) is 10.9. The molecule has 3 aromatic carbocycles. The average molecular weight is 407 g/mol. The van der Waals surface area contributed by atoms with Crippen molar-refractivity contribution in [3.8, 4) is 5.69 Å². The monoisotopic (exact) mass is 407 g/mol. The van der Waals surface area contributed by atoms with Crippen molar-refractivity contribution >= 4 is 34.3 Å². The Morgan fingerprint density at radius 3 is 2.48 bits per heavy atom. The number of hydrogen-bond acceptors (Lipinski definition) is 5. The summed E-state index contributed by atoms with van der Waals surface area (Å²) >= 11 is 0. The van der Waals surface area contributed by atoms with Crippen LogP contribution in [0.3, 0.4) is 0 Å². The van der Waals surface area contributed by atoms with Crippen molar-refractivity contribution in [1.82, 2.24) is 9.55 Å². The lowest BCUT2D eigenvalue weighted by atomic mass is 10.1. The average Bonchev–Trinajstić information content (AvgIpc) is 3.03. The minimum Gasteiger partial charge on any atom is -0.506 e. The predicted molar refractivity (Wildman–Crippen MR) is 121 cm³/mol. The molecule has 1 heterocycles. The first-order valence-corrected chi connectivity index (χ1v) is 9.75. The van der Waals surface area contributed by atoms with Crippen LogP contribution < -0.4 is 5.56 Å². The highest BCUT2D eigenvalue weighted by molar-refractivity contribution is 6.30. The van der Waals surface area contributed by atoms with Crippen LogP contribution in [-0.4, -0.2) is 26.7 Å². The van der Waals surface area contributed by atoms with Gasteiger partial charge in [0.05, 0.1) is 27.9 Å². The molecule has 1 aliphatic rings. The van der Waals surface area contributed by atoms with E-state index in [1.807, 2.05) is 18.2 Å². The molecule has 0 atom stereocenters. The van der Waals surface area contributed by atoms with Gasteiger partial charge in [-0.25, -0.2) is 4.98 Å². The van der Waals surface area contributed by atoms with Crippen LogP contribution in [0.15, 0.2) is 88.2 Å². The van der Waals surface area contributed by atoms with Gasteiger partial charge in [-0.1, -0.05) is 42.5 Å². The van der Waals surface area contributed by atoms with Crippen molar-refractivity contribution in [3.05, 3.63) is 106 Å². The number of rotatable bonds is 3. The standard InChI is InChI=1S/C25H17N3O3/c1-15-27-22-12-5-4-11-20(22)25(31)28(15)17-8-6-7-16(13-17)26-14-21-23(29)18-9-2-3-10-19(18)24(21)30/h2-14,29H,1H3. The molecule has 0 saturated carbocycles. The van der Waals surface area contributed by atoms with E-state index < -0.39 is 0 Å². The number of ketones is 1. The van der Waals surface area contributed by atoms with Crippen molar-refractivity contribution in [2.75, 3.05) is 0 Å². The second-order valence-corrected chi connectivity index (χ2v) is 7.23. The first-order chi connectivity index (χ1) is 15.0. The van der Waals surface area contributed by atoms with Crippen LogP contribution in [0.1, 0.15) is 21.7 Å². The van der Waals surface area contributed by atoms with Gasteiger partial charge in [-0.15, -0.1) is 0 Å². The Morgan fingerprint density at radius 1 is 0.935 bits per heavy atom. The molecule has 0 spiro atoms. The fraction of sp³-hybridized carbons (Fsp3) is 0.0400. The van der Waals surface area contributed by atoms with E-state index in [0.29, 0.717) is 39.2 Å². The maximum absolute atomic E-state index is 13.0. The van der Waals surface area contributed by atoms with Gasteiger partial charge in [0.25, 0.3) is 5.56 Å². The summed E-state index contributed by atoms with van der Waals surface area (Å²) in [5.74, 6) is 0.219. The summed E-state index contributed by atoms with van der Waals surface area (Å²) < 4.78 is 1.54. The highest BCUT2D eigenvalue weighted by atomic mass is 16.3. The summed E-state index contributed by atoms with van der Waals surface area (Å²) in [7, 11) is 0. The summed E-state index contributed by atoms with van der Waals surface area (Å²) in [6.45, 7) is 1.78. The molecule has 1 aromatic heterocycles. The zero-order valence-electron chi connectivity index (χ0n) is 16.6. The van der Waals surface area contributed by atoms with Crippen LogP contribution in [0.4, 0.5) is 5.69 Å². The number of aliphatic hydroxyl groups is 1. The van der Waals surface area contributed by atoms with Gasteiger partial charge in [0.2, 0.25) is 0 Å². The van der Waals surface area contributed by atoms with E-state index in [1.54, 1.807) is 61.5 Å². The highest BCUT2D eigenvalue weighted by Crippen LogP contribution is 2.30. The molecule has 1 N–H and O–H groups in total. The number of aromatic nitrogens is 2. The minimum absolute atomic E-state index is 0.0775.